The van der Waals surface area contributed by atoms with Crippen molar-refractivity contribution >= 4 is 34.1 Å². The summed E-state index contributed by atoms with van der Waals surface area (Å²) in [6, 6.07) is 1.16. The molecule has 0 aromatic carbocycles. The Kier molecular flexibility index (Phi) is 4.66. The van der Waals surface area contributed by atoms with Crippen LogP contribution in [0.3, 0.4) is 0 Å². The van der Waals surface area contributed by atoms with Crippen molar-refractivity contribution in [3.05, 3.63) is 27.9 Å². The zero-order valence-electron chi connectivity index (χ0n) is 10.9. The average molecular weight is 309 g/mol. The number of pyridine rings is 1. The number of hydrogen-bond donors (Lipinski definition) is 2. The van der Waals surface area contributed by atoms with E-state index in [9.17, 15) is 14.9 Å². The summed E-state index contributed by atoms with van der Waals surface area (Å²) in [4.78, 5) is 26.3. The standard InChI is InChI=1S/C10H11N7O3S/c1-2-3-11-8-7(4-6(5-12-8)17(19)20)9(18)13-10-14-15-16-21-10/h4-5H,2-3H2,1H3,(H,11,12)(H,13,14,16,18). The summed E-state index contributed by atoms with van der Waals surface area (Å²) in [6.07, 6.45) is 1.92. The zero-order valence-corrected chi connectivity index (χ0v) is 11.8. The normalized spacial score (nSPS) is 10.1. The summed E-state index contributed by atoms with van der Waals surface area (Å²) >= 11 is 0.901. The fraction of sp³-hybridized carbons (Fsp3) is 0.300. The minimum absolute atomic E-state index is 0.0628. The van der Waals surface area contributed by atoms with Gasteiger partial charge < -0.3 is 5.32 Å². The number of carbonyl (C=O) groups is 1. The van der Waals surface area contributed by atoms with Crippen LogP contribution in [-0.2, 0) is 0 Å². The molecule has 11 heteroatoms. The van der Waals surface area contributed by atoms with Crippen LogP contribution < -0.4 is 10.6 Å². The molecule has 2 aromatic rings. The van der Waals surface area contributed by atoms with Crippen LogP contribution in [0, 0.1) is 10.1 Å². The molecule has 1 amide bonds. The molecule has 2 aromatic heterocycles. The third-order valence-corrected chi connectivity index (χ3v) is 2.90. The van der Waals surface area contributed by atoms with E-state index in [1.165, 1.54) is 0 Å². The van der Waals surface area contributed by atoms with Crippen molar-refractivity contribution in [3.63, 3.8) is 0 Å². The Hall–Kier alpha value is -2.69. The molecule has 0 bridgehead atoms. The molecule has 0 saturated heterocycles. The van der Waals surface area contributed by atoms with Crippen LogP contribution in [0.5, 0.6) is 0 Å². The van der Waals surface area contributed by atoms with Gasteiger partial charge in [0, 0.05) is 24.1 Å². The van der Waals surface area contributed by atoms with Gasteiger partial charge in [0.05, 0.1) is 10.5 Å². The molecule has 0 saturated carbocycles. The Labute approximate surface area is 122 Å². The molecule has 10 nitrogen and oxygen atoms in total. The number of carbonyl (C=O) groups excluding carboxylic acids is 1. The van der Waals surface area contributed by atoms with Gasteiger partial charge in [0.25, 0.3) is 11.6 Å². The van der Waals surface area contributed by atoms with Gasteiger partial charge in [0.2, 0.25) is 5.13 Å². The van der Waals surface area contributed by atoms with Crippen molar-refractivity contribution in [1.29, 1.82) is 0 Å². The van der Waals surface area contributed by atoms with Gasteiger partial charge in [-0.3, -0.25) is 20.2 Å². The predicted octanol–water partition coefficient (Wildman–Crippen LogP) is 1.31. The minimum Gasteiger partial charge on any atom is -0.369 e. The van der Waals surface area contributed by atoms with Gasteiger partial charge >= 0.3 is 0 Å². The molecule has 2 rings (SSSR count). The number of nitro groups is 1. The number of nitrogens with zero attached hydrogens (tertiary/aromatic N) is 5. The maximum atomic E-state index is 12.2. The second kappa shape index (κ2) is 6.65. The second-order valence-corrected chi connectivity index (χ2v) is 4.63. The number of anilines is 2. The molecule has 0 aliphatic heterocycles. The summed E-state index contributed by atoms with van der Waals surface area (Å²) in [5.74, 6) is -0.291. The number of aromatic nitrogens is 4. The minimum atomic E-state index is -0.611. The van der Waals surface area contributed by atoms with E-state index in [0.29, 0.717) is 6.54 Å². The monoisotopic (exact) mass is 309 g/mol. The number of hydrogen-bond acceptors (Lipinski definition) is 9. The van der Waals surface area contributed by atoms with Gasteiger partial charge in [-0.1, -0.05) is 16.5 Å². The lowest BCUT2D eigenvalue weighted by Crippen LogP contribution is -2.16. The molecular weight excluding hydrogens is 298 g/mol. The van der Waals surface area contributed by atoms with Crippen molar-refractivity contribution in [2.45, 2.75) is 13.3 Å². The van der Waals surface area contributed by atoms with Crippen LogP contribution >= 0.6 is 11.5 Å². The van der Waals surface area contributed by atoms with Crippen LogP contribution in [0.25, 0.3) is 0 Å². The molecule has 0 radical (unpaired) electrons. The molecule has 21 heavy (non-hydrogen) atoms. The highest BCUT2D eigenvalue weighted by molar-refractivity contribution is 7.09. The average Bonchev–Trinajstić information content (AvgIpc) is 2.97. The first-order valence-electron chi connectivity index (χ1n) is 5.96. The fourth-order valence-electron chi connectivity index (χ4n) is 1.46. The van der Waals surface area contributed by atoms with Crippen molar-refractivity contribution < 1.29 is 9.72 Å². The van der Waals surface area contributed by atoms with Gasteiger partial charge in [0.1, 0.15) is 12.0 Å². The Morgan fingerprint density at radius 2 is 2.33 bits per heavy atom. The molecule has 0 unspecified atom stereocenters. The lowest BCUT2D eigenvalue weighted by molar-refractivity contribution is -0.385. The smallest absolute Gasteiger partial charge is 0.288 e. The zero-order chi connectivity index (χ0) is 15.2. The van der Waals surface area contributed by atoms with Crippen LogP contribution in [-0.4, -0.2) is 37.2 Å². The quantitative estimate of drug-likeness (QED) is 0.602. The Morgan fingerprint density at radius 3 is 2.95 bits per heavy atom. The largest absolute Gasteiger partial charge is 0.369 e. The summed E-state index contributed by atoms with van der Waals surface area (Å²) in [5, 5.41) is 23.3. The van der Waals surface area contributed by atoms with Crippen LogP contribution in [0.1, 0.15) is 23.7 Å². The van der Waals surface area contributed by atoms with Crippen LogP contribution in [0.4, 0.5) is 16.6 Å². The van der Waals surface area contributed by atoms with Crippen molar-refractivity contribution in [1.82, 2.24) is 19.8 Å². The highest BCUT2D eigenvalue weighted by Crippen LogP contribution is 2.20. The molecule has 110 valence electrons. The second-order valence-electron chi connectivity index (χ2n) is 3.90. The first kappa shape index (κ1) is 14.7. The lowest BCUT2D eigenvalue weighted by Gasteiger charge is -2.09. The number of rotatable bonds is 6. The van der Waals surface area contributed by atoms with Crippen LogP contribution in [0.15, 0.2) is 12.3 Å². The highest BCUT2D eigenvalue weighted by Gasteiger charge is 2.19. The van der Waals surface area contributed by atoms with Gasteiger partial charge in [-0.05, 0) is 11.6 Å². The van der Waals surface area contributed by atoms with Gasteiger partial charge in [0.15, 0.2) is 0 Å². The summed E-state index contributed by atoms with van der Waals surface area (Å²) in [5.41, 5.74) is -0.203. The first-order chi connectivity index (χ1) is 10.1. The molecule has 2 heterocycles. The van der Waals surface area contributed by atoms with Gasteiger partial charge in [-0.2, -0.15) is 0 Å². The Balaban J connectivity index is 2.30. The Morgan fingerprint density at radius 1 is 1.52 bits per heavy atom. The van der Waals surface area contributed by atoms with Crippen LogP contribution in [0.2, 0.25) is 0 Å². The van der Waals surface area contributed by atoms with Gasteiger partial charge in [-0.25, -0.2) is 4.98 Å². The number of nitrogens with one attached hydrogen (secondary N) is 2. The first-order valence-corrected chi connectivity index (χ1v) is 6.74. The van der Waals surface area contributed by atoms with E-state index < -0.39 is 10.8 Å². The number of amides is 1. The molecule has 0 aliphatic carbocycles. The molecule has 0 spiro atoms. The topological polar surface area (TPSA) is 136 Å². The van der Waals surface area contributed by atoms with E-state index in [-0.39, 0.29) is 22.2 Å². The van der Waals surface area contributed by atoms with Crippen molar-refractivity contribution in [2.75, 3.05) is 17.2 Å². The highest BCUT2D eigenvalue weighted by atomic mass is 32.1. The summed E-state index contributed by atoms with van der Waals surface area (Å²) < 4.78 is 3.51. The third-order valence-electron chi connectivity index (χ3n) is 2.39. The van der Waals surface area contributed by atoms with E-state index in [2.05, 4.69) is 30.4 Å². The van der Waals surface area contributed by atoms with E-state index >= 15 is 0 Å². The lowest BCUT2D eigenvalue weighted by atomic mass is 10.2. The molecular formula is C10H11N7O3S. The van der Waals surface area contributed by atoms with Crippen molar-refractivity contribution in [3.8, 4) is 0 Å². The molecule has 0 atom stereocenters. The van der Waals surface area contributed by atoms with E-state index in [1.54, 1.807) is 0 Å². The predicted molar refractivity (Wildman–Crippen MR) is 75.3 cm³/mol. The summed E-state index contributed by atoms with van der Waals surface area (Å²) in [6.45, 7) is 2.54. The SMILES string of the molecule is CCCNc1ncc([N+](=O)[O-])cc1C(=O)Nc1nnns1. The third kappa shape index (κ3) is 3.66. The van der Waals surface area contributed by atoms with E-state index in [0.717, 1.165) is 30.2 Å². The molecule has 0 aliphatic rings. The summed E-state index contributed by atoms with van der Waals surface area (Å²) in [7, 11) is 0. The Bertz CT molecular complexity index is 646. The molecule has 2 N–H and O–H groups in total. The van der Waals surface area contributed by atoms with E-state index in [4.69, 9.17) is 0 Å². The van der Waals surface area contributed by atoms with E-state index in [1.807, 2.05) is 6.92 Å². The maximum Gasteiger partial charge on any atom is 0.288 e. The molecule has 0 fully saturated rings. The van der Waals surface area contributed by atoms with Gasteiger partial charge in [-0.15, -0.1) is 0 Å². The maximum absolute atomic E-state index is 12.2. The fourth-order valence-corrected chi connectivity index (χ4v) is 1.82. The van der Waals surface area contributed by atoms with Crippen molar-refractivity contribution in [2.24, 2.45) is 0 Å².